The number of aromatic nitrogens is 2. The van der Waals surface area contributed by atoms with Crippen LogP contribution in [0.5, 0.6) is 11.5 Å². The molecule has 170 valence electrons. The quantitative estimate of drug-likeness (QED) is 0.468. The molecular formula is C25H30N2O4S. The van der Waals surface area contributed by atoms with Crippen LogP contribution in [0.15, 0.2) is 64.7 Å². The van der Waals surface area contributed by atoms with Crippen molar-refractivity contribution in [2.75, 3.05) is 13.7 Å². The molecule has 1 N–H and O–H groups in total. The molecule has 32 heavy (non-hydrogen) atoms. The standard InChI is InChI=1S/C25H30N2O4S/c1-17(2)19-8-6-18(7-9-19)15-32-23-24(28)27(13-12-26-23)20-10-11-21(22(14-20)30-5)31-16-25(3,4)29/h6-14,17,29H,15-16H2,1-5H3. The number of nitrogens with zero attached hydrogens (tertiary/aromatic N) is 2. The number of thioether (sulfide) groups is 1. The highest BCUT2D eigenvalue weighted by Gasteiger charge is 2.16. The lowest BCUT2D eigenvalue weighted by molar-refractivity contribution is 0.0276. The molecule has 0 spiro atoms. The monoisotopic (exact) mass is 454 g/mol. The van der Waals surface area contributed by atoms with Gasteiger partial charge in [0, 0.05) is 24.2 Å². The molecule has 0 unspecified atom stereocenters. The van der Waals surface area contributed by atoms with Gasteiger partial charge in [0.05, 0.1) is 18.4 Å². The van der Waals surface area contributed by atoms with E-state index in [-0.39, 0.29) is 12.2 Å². The molecule has 0 amide bonds. The van der Waals surface area contributed by atoms with Crippen molar-refractivity contribution in [1.29, 1.82) is 0 Å². The van der Waals surface area contributed by atoms with Crippen molar-refractivity contribution in [2.24, 2.45) is 0 Å². The number of rotatable bonds is 9. The summed E-state index contributed by atoms with van der Waals surface area (Å²) in [6, 6.07) is 13.7. The molecule has 1 aromatic heterocycles. The Morgan fingerprint density at radius 2 is 1.84 bits per heavy atom. The van der Waals surface area contributed by atoms with Crippen LogP contribution >= 0.6 is 11.8 Å². The summed E-state index contributed by atoms with van der Waals surface area (Å²) >= 11 is 1.42. The molecule has 0 aliphatic rings. The molecule has 0 saturated carbocycles. The predicted molar refractivity (Wildman–Crippen MR) is 128 cm³/mol. The molecule has 0 fully saturated rings. The third-order valence-corrected chi connectivity index (χ3v) is 5.87. The highest BCUT2D eigenvalue weighted by Crippen LogP contribution is 2.30. The van der Waals surface area contributed by atoms with E-state index in [4.69, 9.17) is 9.47 Å². The molecule has 2 aromatic carbocycles. The average molecular weight is 455 g/mol. The van der Waals surface area contributed by atoms with Crippen molar-refractivity contribution < 1.29 is 14.6 Å². The van der Waals surface area contributed by atoms with Gasteiger partial charge in [-0.3, -0.25) is 9.36 Å². The Balaban J connectivity index is 1.79. The molecule has 0 saturated heterocycles. The fraction of sp³-hybridized carbons (Fsp3) is 0.360. The second-order valence-electron chi connectivity index (χ2n) is 8.53. The van der Waals surface area contributed by atoms with Gasteiger partial charge in [0.1, 0.15) is 6.61 Å². The number of ether oxygens (including phenoxy) is 2. The zero-order valence-electron chi connectivity index (χ0n) is 19.2. The Kier molecular flexibility index (Phi) is 7.64. The lowest BCUT2D eigenvalue weighted by Gasteiger charge is -2.19. The summed E-state index contributed by atoms with van der Waals surface area (Å²) in [4.78, 5) is 17.3. The topological polar surface area (TPSA) is 73.6 Å². The first kappa shape index (κ1) is 23.9. The smallest absolute Gasteiger partial charge is 0.287 e. The van der Waals surface area contributed by atoms with Crippen LogP contribution in [0.3, 0.4) is 0 Å². The second-order valence-corrected chi connectivity index (χ2v) is 9.49. The predicted octanol–water partition coefficient (Wildman–Crippen LogP) is 4.81. The zero-order chi connectivity index (χ0) is 23.3. The van der Waals surface area contributed by atoms with Crippen molar-refractivity contribution in [2.45, 2.75) is 50.0 Å². The molecule has 0 bridgehead atoms. The van der Waals surface area contributed by atoms with Gasteiger partial charge in [-0.15, -0.1) is 0 Å². The summed E-state index contributed by atoms with van der Waals surface area (Å²) in [5.41, 5.74) is 1.93. The fourth-order valence-electron chi connectivity index (χ4n) is 3.03. The van der Waals surface area contributed by atoms with Crippen LogP contribution in [-0.4, -0.2) is 34.0 Å². The minimum Gasteiger partial charge on any atom is -0.493 e. The number of aliphatic hydroxyl groups is 1. The maximum absolute atomic E-state index is 13.1. The van der Waals surface area contributed by atoms with Gasteiger partial charge in [0.15, 0.2) is 16.5 Å². The molecule has 0 radical (unpaired) electrons. The van der Waals surface area contributed by atoms with Gasteiger partial charge in [-0.2, -0.15) is 0 Å². The maximum atomic E-state index is 13.1. The van der Waals surface area contributed by atoms with Crippen molar-refractivity contribution in [3.05, 3.63) is 76.3 Å². The van der Waals surface area contributed by atoms with E-state index in [1.807, 2.05) is 0 Å². The minimum atomic E-state index is -0.965. The third kappa shape index (κ3) is 6.14. The highest BCUT2D eigenvalue weighted by atomic mass is 32.2. The molecule has 3 aromatic rings. The van der Waals surface area contributed by atoms with Crippen molar-refractivity contribution in [3.8, 4) is 17.2 Å². The Morgan fingerprint density at radius 1 is 1.12 bits per heavy atom. The Hall–Kier alpha value is -2.77. The Labute approximate surface area is 193 Å². The summed E-state index contributed by atoms with van der Waals surface area (Å²) in [6.45, 7) is 7.80. The summed E-state index contributed by atoms with van der Waals surface area (Å²) < 4.78 is 12.6. The van der Waals surface area contributed by atoms with E-state index >= 15 is 0 Å². The van der Waals surface area contributed by atoms with Crippen molar-refractivity contribution >= 4 is 11.8 Å². The van der Waals surface area contributed by atoms with E-state index in [0.717, 1.165) is 5.56 Å². The molecule has 7 heteroatoms. The molecule has 0 aliphatic heterocycles. The molecule has 6 nitrogen and oxygen atoms in total. The third-order valence-electron chi connectivity index (χ3n) is 4.84. The number of hydrogen-bond acceptors (Lipinski definition) is 6. The van der Waals surface area contributed by atoms with Crippen LogP contribution in [0, 0.1) is 0 Å². The Bertz CT molecular complexity index is 1100. The Morgan fingerprint density at radius 3 is 2.47 bits per heavy atom. The van der Waals surface area contributed by atoms with Crippen molar-refractivity contribution in [1.82, 2.24) is 9.55 Å². The molecule has 0 atom stereocenters. The van der Waals surface area contributed by atoms with Crippen LogP contribution in [0.4, 0.5) is 0 Å². The van der Waals surface area contributed by atoms with E-state index in [2.05, 4.69) is 43.1 Å². The van der Waals surface area contributed by atoms with Gasteiger partial charge in [0.2, 0.25) is 0 Å². The van der Waals surface area contributed by atoms with E-state index in [9.17, 15) is 9.90 Å². The summed E-state index contributed by atoms with van der Waals surface area (Å²) in [7, 11) is 1.54. The fourth-order valence-corrected chi connectivity index (χ4v) is 3.88. The normalized spacial score (nSPS) is 11.6. The van der Waals surface area contributed by atoms with Crippen LogP contribution < -0.4 is 15.0 Å². The molecule has 1 heterocycles. The maximum Gasteiger partial charge on any atom is 0.287 e. The van der Waals surface area contributed by atoms with E-state index in [1.165, 1.54) is 24.4 Å². The summed E-state index contributed by atoms with van der Waals surface area (Å²) in [5.74, 6) is 2.14. The number of methoxy groups -OCH3 is 1. The van der Waals surface area contributed by atoms with E-state index in [0.29, 0.717) is 33.9 Å². The second kappa shape index (κ2) is 10.2. The van der Waals surface area contributed by atoms with Gasteiger partial charge in [-0.1, -0.05) is 49.9 Å². The summed E-state index contributed by atoms with van der Waals surface area (Å²) in [5, 5.41) is 10.3. The molecule has 3 rings (SSSR count). The van der Waals surface area contributed by atoms with E-state index < -0.39 is 5.60 Å². The van der Waals surface area contributed by atoms with Crippen molar-refractivity contribution in [3.63, 3.8) is 0 Å². The summed E-state index contributed by atoms with van der Waals surface area (Å²) in [6.07, 6.45) is 3.26. The van der Waals surface area contributed by atoms with Gasteiger partial charge in [0.25, 0.3) is 5.56 Å². The molecular weight excluding hydrogens is 424 g/mol. The van der Waals surface area contributed by atoms with Crippen LogP contribution in [0.1, 0.15) is 44.7 Å². The molecule has 0 aliphatic carbocycles. The van der Waals surface area contributed by atoms with Crippen LogP contribution in [0.2, 0.25) is 0 Å². The average Bonchev–Trinajstić information content (AvgIpc) is 2.76. The zero-order valence-corrected chi connectivity index (χ0v) is 20.0. The lowest BCUT2D eigenvalue weighted by Crippen LogP contribution is -2.28. The van der Waals surface area contributed by atoms with Gasteiger partial charge < -0.3 is 14.6 Å². The van der Waals surface area contributed by atoms with Crippen LogP contribution in [0.25, 0.3) is 5.69 Å². The SMILES string of the molecule is COc1cc(-n2ccnc(SCc3ccc(C(C)C)cc3)c2=O)ccc1OCC(C)(C)O. The van der Waals surface area contributed by atoms with E-state index in [1.54, 1.807) is 49.0 Å². The number of benzene rings is 2. The lowest BCUT2D eigenvalue weighted by atomic mass is 10.0. The van der Waals surface area contributed by atoms with Gasteiger partial charge in [-0.25, -0.2) is 4.98 Å². The van der Waals surface area contributed by atoms with Gasteiger partial charge >= 0.3 is 0 Å². The van der Waals surface area contributed by atoms with Gasteiger partial charge in [-0.05, 0) is 43.0 Å². The first-order valence-corrected chi connectivity index (χ1v) is 11.5. The first-order valence-electron chi connectivity index (χ1n) is 10.5. The largest absolute Gasteiger partial charge is 0.493 e. The first-order chi connectivity index (χ1) is 15.2. The number of hydrogen-bond donors (Lipinski definition) is 1. The highest BCUT2D eigenvalue weighted by molar-refractivity contribution is 7.98. The van der Waals surface area contributed by atoms with Crippen LogP contribution in [-0.2, 0) is 5.75 Å². The minimum absolute atomic E-state index is 0.122.